The molecule has 40 heavy (non-hydrogen) atoms. The van der Waals surface area contributed by atoms with Gasteiger partial charge in [-0.15, -0.1) is 0 Å². The number of nitrogens with zero attached hydrogens (tertiary/aromatic N) is 4. The van der Waals surface area contributed by atoms with Gasteiger partial charge in [0.15, 0.2) is 15.3 Å². The minimum absolute atomic E-state index is 0.0520. The summed E-state index contributed by atoms with van der Waals surface area (Å²) in [5, 5.41) is 23.0. The highest BCUT2D eigenvalue weighted by molar-refractivity contribution is 9.10. The molecule has 0 aliphatic heterocycles. The summed E-state index contributed by atoms with van der Waals surface area (Å²) in [5.41, 5.74) is -0.682. The number of halogens is 3. The molecule has 0 radical (unpaired) electrons. The maximum atomic E-state index is 13.6. The highest BCUT2D eigenvalue weighted by Crippen LogP contribution is 2.42. The minimum Gasteiger partial charge on any atom is -0.494 e. The molecule has 4 aromatic rings. The first-order valence-electron chi connectivity index (χ1n) is 11.6. The number of aromatic nitrogens is 4. The number of hydrogen-bond acceptors (Lipinski definition) is 7. The summed E-state index contributed by atoms with van der Waals surface area (Å²) >= 11 is 27.0. The van der Waals surface area contributed by atoms with Crippen LogP contribution in [0.5, 0.6) is 17.5 Å². The molecule has 14 heteroatoms. The van der Waals surface area contributed by atoms with Gasteiger partial charge >= 0.3 is 0 Å². The van der Waals surface area contributed by atoms with E-state index in [0.29, 0.717) is 15.1 Å². The minimum atomic E-state index is -1.28. The first-order chi connectivity index (χ1) is 18.8. The SMILES string of the molecule is Cn1c(O)c(C(c2cc(Cl)c(OCc3ccccc3Cl)c(Br)c2)c2c(O)n(C)c(=S)n(C)c2=O)c(=O)n(C)c1=S. The van der Waals surface area contributed by atoms with Gasteiger partial charge in [-0.2, -0.15) is 0 Å². The molecule has 0 aliphatic carbocycles. The lowest BCUT2D eigenvalue weighted by Gasteiger charge is -2.24. The molecule has 0 amide bonds. The van der Waals surface area contributed by atoms with Gasteiger partial charge in [-0.05, 0) is 64.1 Å². The summed E-state index contributed by atoms with van der Waals surface area (Å²) in [4.78, 5) is 27.1. The summed E-state index contributed by atoms with van der Waals surface area (Å²) < 4.78 is 11.3. The van der Waals surface area contributed by atoms with Crippen LogP contribution in [0.4, 0.5) is 0 Å². The van der Waals surface area contributed by atoms with Gasteiger partial charge in [-0.25, -0.2) is 0 Å². The molecule has 2 aromatic heterocycles. The van der Waals surface area contributed by atoms with E-state index in [1.54, 1.807) is 18.2 Å². The molecule has 0 fully saturated rings. The molecule has 0 spiro atoms. The second-order valence-corrected chi connectivity index (χ2v) is 11.4. The van der Waals surface area contributed by atoms with Crippen molar-refractivity contribution in [2.45, 2.75) is 12.5 Å². The zero-order valence-corrected chi connectivity index (χ0v) is 26.3. The summed E-state index contributed by atoms with van der Waals surface area (Å²) in [6.07, 6.45) is 0. The van der Waals surface area contributed by atoms with E-state index in [1.807, 2.05) is 12.1 Å². The van der Waals surface area contributed by atoms with Crippen molar-refractivity contribution >= 4 is 63.6 Å². The third-order valence-corrected chi connectivity index (χ3v) is 8.93. The fourth-order valence-electron chi connectivity index (χ4n) is 4.35. The lowest BCUT2D eigenvalue weighted by atomic mass is 9.86. The van der Waals surface area contributed by atoms with Crippen LogP contribution >= 0.6 is 63.6 Å². The Morgan fingerprint density at radius 2 is 1.35 bits per heavy atom. The Hall–Kier alpha value is -2.90. The Labute approximate surface area is 257 Å². The number of hydrogen-bond donors (Lipinski definition) is 2. The van der Waals surface area contributed by atoms with Gasteiger partial charge in [0.05, 0.1) is 26.5 Å². The van der Waals surface area contributed by atoms with E-state index in [2.05, 4.69) is 15.9 Å². The molecule has 2 N–H and O–H groups in total. The molecule has 0 bridgehead atoms. The van der Waals surface area contributed by atoms with Crippen molar-refractivity contribution in [3.63, 3.8) is 0 Å². The molecule has 0 aliphatic rings. The van der Waals surface area contributed by atoms with E-state index < -0.39 is 28.8 Å². The van der Waals surface area contributed by atoms with Crippen molar-refractivity contribution in [3.05, 3.63) is 103 Å². The first-order valence-corrected chi connectivity index (χ1v) is 14.0. The fourth-order valence-corrected chi connectivity index (χ4v) is 5.87. The Morgan fingerprint density at radius 1 is 0.850 bits per heavy atom. The molecular weight excluding hydrogens is 663 g/mol. The monoisotopic (exact) mass is 684 g/mol. The van der Waals surface area contributed by atoms with E-state index in [4.69, 9.17) is 52.4 Å². The van der Waals surface area contributed by atoms with Crippen LogP contribution in [0.15, 0.2) is 50.5 Å². The number of rotatable bonds is 6. The van der Waals surface area contributed by atoms with Crippen LogP contribution in [0.1, 0.15) is 28.2 Å². The maximum Gasteiger partial charge on any atom is 0.262 e. The highest BCUT2D eigenvalue weighted by atomic mass is 79.9. The Kier molecular flexibility index (Phi) is 8.67. The largest absolute Gasteiger partial charge is 0.494 e. The zero-order chi connectivity index (χ0) is 29.6. The van der Waals surface area contributed by atoms with Crippen LogP contribution in [0.25, 0.3) is 0 Å². The summed E-state index contributed by atoms with van der Waals surface area (Å²) in [6.45, 7) is 0.121. The van der Waals surface area contributed by atoms with E-state index >= 15 is 0 Å². The van der Waals surface area contributed by atoms with Crippen LogP contribution in [0.2, 0.25) is 10.0 Å². The third-order valence-electron chi connectivity index (χ3n) is 6.60. The maximum absolute atomic E-state index is 13.6. The standard InChI is InChI=1S/C26H23BrCl2N4O5S2/c1-30-21(34)18(22(35)31(2)25(30)39)17(19-23(36)32(3)26(40)33(4)24(19)37)13-9-14(27)20(16(29)10-13)38-11-12-7-5-6-8-15(12)28/h5-10,17,34,36H,11H2,1-4H3. The summed E-state index contributed by atoms with van der Waals surface area (Å²) in [7, 11) is 5.86. The predicted octanol–water partition coefficient (Wildman–Crippen LogP) is 5.46. The van der Waals surface area contributed by atoms with E-state index in [9.17, 15) is 19.8 Å². The normalized spacial score (nSPS) is 11.3. The number of aromatic hydroxyl groups is 2. The third kappa shape index (κ3) is 5.14. The van der Waals surface area contributed by atoms with E-state index in [1.165, 1.54) is 43.4 Å². The molecule has 2 aromatic carbocycles. The first kappa shape index (κ1) is 30.1. The molecule has 210 valence electrons. The molecule has 9 nitrogen and oxygen atoms in total. The number of ether oxygens (including phenoxy) is 1. The smallest absolute Gasteiger partial charge is 0.262 e. The molecule has 2 heterocycles. The predicted molar refractivity (Wildman–Crippen MR) is 162 cm³/mol. The van der Waals surface area contributed by atoms with Crippen molar-refractivity contribution in [2.75, 3.05) is 0 Å². The number of benzene rings is 2. The van der Waals surface area contributed by atoms with Gasteiger partial charge in [0.1, 0.15) is 6.61 Å². The average molecular weight is 686 g/mol. The lowest BCUT2D eigenvalue weighted by Crippen LogP contribution is -2.33. The Balaban J connectivity index is 2.01. The molecule has 0 saturated heterocycles. The van der Waals surface area contributed by atoms with Crippen LogP contribution in [0, 0.1) is 9.54 Å². The quantitative estimate of drug-likeness (QED) is 0.260. The Bertz CT molecular complexity index is 1810. The second kappa shape index (κ2) is 11.5. The van der Waals surface area contributed by atoms with Gasteiger partial charge in [-0.3, -0.25) is 27.9 Å². The molecular formula is C26H23BrCl2N4O5S2. The zero-order valence-electron chi connectivity index (χ0n) is 21.6. The van der Waals surface area contributed by atoms with Crippen LogP contribution < -0.4 is 15.9 Å². The topological polar surface area (TPSA) is 104 Å². The van der Waals surface area contributed by atoms with Gasteiger partial charge in [-0.1, -0.05) is 41.4 Å². The van der Waals surface area contributed by atoms with Crippen molar-refractivity contribution in [1.29, 1.82) is 0 Å². The van der Waals surface area contributed by atoms with Crippen molar-refractivity contribution in [3.8, 4) is 17.5 Å². The summed E-state index contributed by atoms with van der Waals surface area (Å²) in [6, 6.07) is 10.3. The fraction of sp³-hybridized carbons (Fsp3) is 0.231. The molecule has 0 atom stereocenters. The van der Waals surface area contributed by atoms with Gasteiger partial charge < -0.3 is 14.9 Å². The van der Waals surface area contributed by atoms with E-state index in [0.717, 1.165) is 14.7 Å². The van der Waals surface area contributed by atoms with Gasteiger partial charge in [0, 0.05) is 38.8 Å². The molecule has 0 saturated carbocycles. The highest BCUT2D eigenvalue weighted by Gasteiger charge is 2.33. The summed E-state index contributed by atoms with van der Waals surface area (Å²) in [5.74, 6) is -1.95. The van der Waals surface area contributed by atoms with Crippen LogP contribution in [-0.2, 0) is 34.8 Å². The van der Waals surface area contributed by atoms with Crippen molar-refractivity contribution in [1.82, 2.24) is 18.3 Å². The molecule has 0 unspecified atom stereocenters. The Morgan fingerprint density at radius 3 is 1.82 bits per heavy atom. The van der Waals surface area contributed by atoms with Crippen LogP contribution in [0.3, 0.4) is 0 Å². The van der Waals surface area contributed by atoms with Crippen molar-refractivity contribution < 1.29 is 14.9 Å². The average Bonchev–Trinajstić information content (AvgIpc) is 2.92. The second-order valence-electron chi connectivity index (χ2n) is 9.01. The van der Waals surface area contributed by atoms with Gasteiger partial charge in [0.25, 0.3) is 11.1 Å². The van der Waals surface area contributed by atoms with E-state index in [-0.39, 0.29) is 38.0 Å². The molecule has 4 rings (SSSR count). The van der Waals surface area contributed by atoms with Crippen molar-refractivity contribution in [2.24, 2.45) is 28.2 Å². The van der Waals surface area contributed by atoms with Gasteiger partial charge in [0.2, 0.25) is 11.8 Å². The van der Waals surface area contributed by atoms with Crippen LogP contribution in [-0.4, -0.2) is 28.5 Å². The lowest BCUT2D eigenvalue weighted by molar-refractivity contribution is 0.304.